The summed E-state index contributed by atoms with van der Waals surface area (Å²) in [5.41, 5.74) is 0.200. The molecule has 0 aliphatic carbocycles. The van der Waals surface area contributed by atoms with Gasteiger partial charge in [-0.1, -0.05) is 89.4 Å². The first-order valence-corrected chi connectivity index (χ1v) is 8.44. The maximum atomic E-state index is 6.06. The van der Waals surface area contributed by atoms with E-state index in [-0.39, 0.29) is 5.69 Å². The molecule has 3 nitrogen and oxygen atoms in total. The molecular formula is C10H13BrCl5N3. The molecule has 0 aromatic carbocycles. The summed E-state index contributed by atoms with van der Waals surface area (Å²) in [5.74, 6) is 0. The molecule has 110 valence electrons. The minimum Gasteiger partial charge on any atom is -0.238 e. The van der Waals surface area contributed by atoms with Crippen molar-refractivity contribution >= 4 is 73.9 Å². The Morgan fingerprint density at radius 1 is 1.11 bits per heavy atom. The maximum Gasteiger partial charge on any atom is 0.228 e. The summed E-state index contributed by atoms with van der Waals surface area (Å²) in [7, 11) is 0. The largest absolute Gasteiger partial charge is 0.238 e. The van der Waals surface area contributed by atoms with Gasteiger partial charge in [0.2, 0.25) is 8.13 Å². The van der Waals surface area contributed by atoms with Gasteiger partial charge in [0, 0.05) is 6.54 Å². The van der Waals surface area contributed by atoms with Gasteiger partial charge in [-0.15, -0.1) is 5.10 Å². The van der Waals surface area contributed by atoms with Crippen LogP contribution in [0.1, 0.15) is 38.3 Å². The Balaban J connectivity index is 2.81. The van der Waals surface area contributed by atoms with Crippen LogP contribution in [0.15, 0.2) is 4.60 Å². The van der Waals surface area contributed by atoms with E-state index in [0.717, 1.165) is 12.8 Å². The molecule has 0 spiro atoms. The average Bonchev–Trinajstić information content (AvgIpc) is 2.65. The number of halogens is 6. The van der Waals surface area contributed by atoms with Crippen LogP contribution in [0, 0.1) is 0 Å². The molecule has 0 radical (unpaired) electrons. The lowest BCUT2D eigenvalue weighted by molar-refractivity contribution is 0.520. The van der Waals surface area contributed by atoms with E-state index in [9.17, 15) is 0 Å². The molecule has 0 saturated carbocycles. The summed E-state index contributed by atoms with van der Waals surface area (Å²) < 4.78 is -1.49. The number of hydrogen-bond acceptors (Lipinski definition) is 2. The Labute approximate surface area is 146 Å². The summed E-state index contributed by atoms with van der Waals surface area (Å²) in [6.07, 6.45) is 4.46. The fourth-order valence-electron chi connectivity index (χ4n) is 1.46. The quantitative estimate of drug-likeness (QED) is 0.432. The number of nitrogens with zero attached hydrogens (tertiary/aromatic N) is 3. The highest BCUT2D eigenvalue weighted by atomic mass is 79.9. The smallest absolute Gasteiger partial charge is 0.228 e. The van der Waals surface area contributed by atoms with Crippen molar-refractivity contribution in [3.8, 4) is 0 Å². The molecule has 0 atom stereocenters. The van der Waals surface area contributed by atoms with Crippen molar-refractivity contribution in [3.05, 3.63) is 10.3 Å². The second-order valence-corrected chi connectivity index (χ2v) is 8.44. The third-order valence-corrected chi connectivity index (χ3v) is 5.69. The van der Waals surface area contributed by atoms with Crippen LogP contribution in [0.2, 0.25) is 0 Å². The maximum absolute atomic E-state index is 6.06. The molecule has 1 aromatic heterocycles. The first kappa shape index (κ1) is 18.1. The molecule has 0 unspecified atom stereocenters. The van der Waals surface area contributed by atoms with Crippen LogP contribution >= 0.6 is 73.9 Å². The van der Waals surface area contributed by atoms with Crippen LogP contribution in [0.5, 0.6) is 0 Å². The first-order valence-electron chi connectivity index (χ1n) is 5.75. The Hall–Kier alpha value is 1.07. The molecule has 1 rings (SSSR count). The normalized spacial score (nSPS) is 13.0. The van der Waals surface area contributed by atoms with Crippen molar-refractivity contribution in [2.75, 3.05) is 0 Å². The van der Waals surface area contributed by atoms with Crippen LogP contribution in [0.3, 0.4) is 0 Å². The topological polar surface area (TPSA) is 30.7 Å². The van der Waals surface area contributed by atoms with Crippen molar-refractivity contribution in [2.24, 2.45) is 0 Å². The van der Waals surface area contributed by atoms with Crippen LogP contribution in [-0.2, 0) is 10.9 Å². The Morgan fingerprint density at radius 3 is 2.26 bits per heavy atom. The highest BCUT2D eigenvalue weighted by Gasteiger charge is 2.51. The molecule has 0 N–H and O–H groups in total. The lowest BCUT2D eigenvalue weighted by Crippen LogP contribution is -2.29. The van der Waals surface area contributed by atoms with E-state index in [1.807, 2.05) is 0 Å². The molecular weight excluding hydrogens is 419 g/mol. The van der Waals surface area contributed by atoms with E-state index >= 15 is 0 Å². The van der Waals surface area contributed by atoms with E-state index in [1.165, 1.54) is 12.8 Å². The number of aryl methyl sites for hydroxylation is 1. The van der Waals surface area contributed by atoms with Crippen LogP contribution < -0.4 is 0 Å². The average molecular weight is 432 g/mol. The van der Waals surface area contributed by atoms with E-state index in [0.29, 0.717) is 11.1 Å². The van der Waals surface area contributed by atoms with Crippen LogP contribution in [-0.4, -0.2) is 18.8 Å². The highest BCUT2D eigenvalue weighted by molar-refractivity contribution is 9.10. The third kappa shape index (κ3) is 4.52. The van der Waals surface area contributed by atoms with Crippen molar-refractivity contribution < 1.29 is 0 Å². The van der Waals surface area contributed by atoms with Crippen molar-refractivity contribution in [1.29, 1.82) is 0 Å². The lowest BCUT2D eigenvalue weighted by Gasteiger charge is -2.25. The predicted octanol–water partition coefficient (Wildman–Crippen LogP) is 5.62. The monoisotopic (exact) mass is 429 g/mol. The standard InChI is InChI=1S/C10H13BrCl5N3/c1-2-3-4-5-6-19-8(11)7(17-18-19)9(12,13)10(14,15)16/h2-6H2,1H3. The lowest BCUT2D eigenvalue weighted by atomic mass is 10.2. The number of hydrogen-bond donors (Lipinski definition) is 0. The third-order valence-electron chi connectivity index (χ3n) is 2.55. The highest BCUT2D eigenvalue weighted by Crippen LogP contribution is 2.53. The fourth-order valence-corrected chi connectivity index (χ4v) is 2.84. The molecule has 1 heterocycles. The molecule has 0 saturated heterocycles. The summed E-state index contributed by atoms with van der Waals surface area (Å²) in [6.45, 7) is 2.86. The van der Waals surface area contributed by atoms with Gasteiger partial charge >= 0.3 is 0 Å². The van der Waals surface area contributed by atoms with Gasteiger partial charge < -0.3 is 0 Å². The second kappa shape index (κ2) is 7.37. The van der Waals surface area contributed by atoms with Gasteiger partial charge in [-0.05, 0) is 22.4 Å². The van der Waals surface area contributed by atoms with Gasteiger partial charge in [0.15, 0.2) is 0 Å². The molecule has 0 aliphatic heterocycles. The van der Waals surface area contributed by atoms with Crippen molar-refractivity contribution in [2.45, 2.75) is 47.3 Å². The summed E-state index contributed by atoms with van der Waals surface area (Å²) in [6, 6.07) is 0. The van der Waals surface area contributed by atoms with Gasteiger partial charge in [-0.25, -0.2) is 4.68 Å². The SMILES string of the molecule is CCCCCCn1nnc(C(Cl)(Cl)C(Cl)(Cl)Cl)c1Br. The minimum absolute atomic E-state index is 0.200. The zero-order valence-corrected chi connectivity index (χ0v) is 15.5. The van der Waals surface area contributed by atoms with E-state index < -0.39 is 8.13 Å². The zero-order chi connectivity index (χ0) is 14.7. The van der Waals surface area contributed by atoms with Gasteiger partial charge in [-0.2, -0.15) is 0 Å². The Bertz CT molecular complexity index is 416. The number of unbranched alkanes of at least 4 members (excludes halogenated alkanes) is 3. The molecule has 0 aliphatic rings. The predicted molar refractivity (Wildman–Crippen MR) is 85.5 cm³/mol. The van der Waals surface area contributed by atoms with Crippen LogP contribution in [0.4, 0.5) is 0 Å². The number of aromatic nitrogens is 3. The Morgan fingerprint density at radius 2 is 1.74 bits per heavy atom. The Kier molecular flexibility index (Phi) is 7.03. The van der Waals surface area contributed by atoms with Gasteiger partial charge in [-0.3, -0.25) is 0 Å². The van der Waals surface area contributed by atoms with Crippen molar-refractivity contribution in [3.63, 3.8) is 0 Å². The molecule has 9 heteroatoms. The van der Waals surface area contributed by atoms with Crippen molar-refractivity contribution in [1.82, 2.24) is 15.0 Å². The zero-order valence-electron chi connectivity index (χ0n) is 10.1. The second-order valence-electron chi connectivity index (χ2n) is 4.08. The van der Waals surface area contributed by atoms with E-state index in [4.69, 9.17) is 58.0 Å². The van der Waals surface area contributed by atoms with Gasteiger partial charge in [0.1, 0.15) is 10.3 Å². The molecule has 19 heavy (non-hydrogen) atoms. The number of alkyl halides is 5. The number of rotatable bonds is 6. The summed E-state index contributed by atoms with van der Waals surface area (Å²) in [5, 5.41) is 7.87. The fraction of sp³-hybridized carbons (Fsp3) is 0.800. The van der Waals surface area contributed by atoms with Crippen LogP contribution in [0.25, 0.3) is 0 Å². The molecule has 0 fully saturated rings. The van der Waals surface area contributed by atoms with Gasteiger partial charge in [0.25, 0.3) is 0 Å². The molecule has 0 bridgehead atoms. The molecule has 1 aromatic rings. The minimum atomic E-state index is -1.90. The molecule has 0 amide bonds. The van der Waals surface area contributed by atoms with Gasteiger partial charge in [0.05, 0.1) is 0 Å². The van der Waals surface area contributed by atoms with E-state index in [2.05, 4.69) is 33.2 Å². The first-order chi connectivity index (χ1) is 8.71. The summed E-state index contributed by atoms with van der Waals surface area (Å²) in [4.78, 5) is 0. The summed E-state index contributed by atoms with van der Waals surface area (Å²) >= 11 is 32.7. The van der Waals surface area contributed by atoms with E-state index in [1.54, 1.807) is 4.68 Å².